The highest BCUT2D eigenvalue weighted by atomic mass is 35.5. The van der Waals surface area contributed by atoms with E-state index in [2.05, 4.69) is 5.32 Å². The summed E-state index contributed by atoms with van der Waals surface area (Å²) in [6, 6.07) is 17.7. The Balaban J connectivity index is 0.00000243. The summed E-state index contributed by atoms with van der Waals surface area (Å²) in [7, 11) is 0. The minimum absolute atomic E-state index is 0. The van der Waals surface area contributed by atoms with Crippen LogP contribution in [0.2, 0.25) is 5.02 Å². The highest BCUT2D eigenvalue weighted by molar-refractivity contribution is 6.31. The number of nitrogens with zero attached hydrogens (tertiary/aromatic N) is 1. The summed E-state index contributed by atoms with van der Waals surface area (Å²) < 4.78 is 5.66. The van der Waals surface area contributed by atoms with Crippen LogP contribution in [0.3, 0.4) is 0 Å². The van der Waals surface area contributed by atoms with Crippen molar-refractivity contribution in [3.8, 4) is 0 Å². The number of rotatable bonds is 6. The Morgan fingerprint density at radius 2 is 1.88 bits per heavy atom. The molecule has 2 aromatic rings. The minimum Gasteiger partial charge on any atom is -0.376 e. The Hall–Kier alpha value is -1.59. The second-order valence-electron chi connectivity index (χ2n) is 6.12. The molecular weight excluding hydrogens is 371 g/mol. The predicted octanol–water partition coefficient (Wildman–Crippen LogP) is 3.84. The standard InChI is InChI=1S/C20H23ClN2O2.ClH/c21-18-9-5-4-8-17(18)19-14-22-11-12-23(19)20(24)10-13-25-15-16-6-2-1-3-7-16;/h1-9,19,22H,10-15H2;1H. The Morgan fingerprint density at radius 3 is 2.65 bits per heavy atom. The lowest BCUT2D eigenvalue weighted by Crippen LogP contribution is -2.49. The first kappa shape index (κ1) is 20.7. The van der Waals surface area contributed by atoms with Crippen molar-refractivity contribution >= 4 is 29.9 Å². The van der Waals surface area contributed by atoms with Gasteiger partial charge in [0.25, 0.3) is 0 Å². The van der Waals surface area contributed by atoms with Crippen LogP contribution in [0, 0.1) is 0 Å². The summed E-state index contributed by atoms with van der Waals surface area (Å²) in [4.78, 5) is 14.6. The largest absolute Gasteiger partial charge is 0.376 e. The van der Waals surface area contributed by atoms with Gasteiger partial charge in [0.05, 0.1) is 25.7 Å². The molecule has 1 unspecified atom stereocenters. The molecule has 140 valence electrons. The molecule has 2 aromatic carbocycles. The van der Waals surface area contributed by atoms with Gasteiger partial charge in [0, 0.05) is 24.7 Å². The monoisotopic (exact) mass is 394 g/mol. The maximum Gasteiger partial charge on any atom is 0.225 e. The molecule has 1 atom stereocenters. The fraction of sp³-hybridized carbons (Fsp3) is 0.350. The third-order valence-corrected chi connectivity index (χ3v) is 4.74. The lowest BCUT2D eigenvalue weighted by Gasteiger charge is -2.37. The number of hydrogen-bond acceptors (Lipinski definition) is 3. The van der Waals surface area contributed by atoms with Crippen molar-refractivity contribution in [3.63, 3.8) is 0 Å². The smallest absolute Gasteiger partial charge is 0.225 e. The van der Waals surface area contributed by atoms with Gasteiger partial charge in [-0.15, -0.1) is 12.4 Å². The van der Waals surface area contributed by atoms with E-state index in [0.717, 1.165) is 24.2 Å². The number of ether oxygens (including phenoxy) is 1. The SMILES string of the molecule is Cl.O=C(CCOCc1ccccc1)N1CCNCC1c1ccccc1Cl. The van der Waals surface area contributed by atoms with Crippen molar-refractivity contribution < 1.29 is 9.53 Å². The van der Waals surface area contributed by atoms with E-state index in [1.165, 1.54) is 0 Å². The molecule has 1 amide bonds. The van der Waals surface area contributed by atoms with Crippen molar-refractivity contribution in [2.45, 2.75) is 19.1 Å². The summed E-state index contributed by atoms with van der Waals surface area (Å²) in [5, 5.41) is 4.05. The van der Waals surface area contributed by atoms with E-state index in [0.29, 0.717) is 31.2 Å². The van der Waals surface area contributed by atoms with Gasteiger partial charge >= 0.3 is 0 Å². The third-order valence-electron chi connectivity index (χ3n) is 4.40. The zero-order valence-electron chi connectivity index (χ0n) is 14.6. The van der Waals surface area contributed by atoms with Crippen molar-refractivity contribution in [1.82, 2.24) is 10.2 Å². The lowest BCUT2D eigenvalue weighted by molar-refractivity contribution is -0.135. The van der Waals surface area contributed by atoms with Crippen LogP contribution in [0.4, 0.5) is 0 Å². The minimum atomic E-state index is -0.0240. The van der Waals surface area contributed by atoms with E-state index in [1.807, 2.05) is 59.5 Å². The maximum absolute atomic E-state index is 12.7. The Bertz CT molecular complexity index is 697. The quantitative estimate of drug-likeness (QED) is 0.756. The first-order valence-electron chi connectivity index (χ1n) is 8.62. The molecule has 1 N–H and O–H groups in total. The molecule has 0 radical (unpaired) electrons. The van der Waals surface area contributed by atoms with Crippen LogP contribution in [0.5, 0.6) is 0 Å². The first-order chi connectivity index (χ1) is 12.3. The number of piperazine rings is 1. The van der Waals surface area contributed by atoms with E-state index < -0.39 is 0 Å². The van der Waals surface area contributed by atoms with Gasteiger partial charge in [0.1, 0.15) is 0 Å². The molecule has 1 fully saturated rings. The highest BCUT2D eigenvalue weighted by Gasteiger charge is 2.28. The number of nitrogens with one attached hydrogen (secondary N) is 1. The van der Waals surface area contributed by atoms with Gasteiger partial charge in [0.15, 0.2) is 0 Å². The number of carbonyl (C=O) groups is 1. The Labute approximate surface area is 165 Å². The molecule has 3 rings (SSSR count). The van der Waals surface area contributed by atoms with Crippen LogP contribution < -0.4 is 5.32 Å². The fourth-order valence-electron chi connectivity index (χ4n) is 3.09. The molecule has 1 heterocycles. The molecule has 4 nitrogen and oxygen atoms in total. The summed E-state index contributed by atoms with van der Waals surface area (Å²) in [6.45, 7) is 3.17. The molecule has 0 saturated carbocycles. The van der Waals surface area contributed by atoms with E-state index >= 15 is 0 Å². The highest BCUT2D eigenvalue weighted by Crippen LogP contribution is 2.28. The van der Waals surface area contributed by atoms with Crippen molar-refractivity contribution in [3.05, 3.63) is 70.7 Å². The van der Waals surface area contributed by atoms with E-state index in [-0.39, 0.29) is 24.4 Å². The van der Waals surface area contributed by atoms with Gasteiger partial charge in [0.2, 0.25) is 5.91 Å². The fourth-order valence-corrected chi connectivity index (χ4v) is 3.36. The number of carbonyl (C=O) groups excluding carboxylic acids is 1. The maximum atomic E-state index is 12.7. The topological polar surface area (TPSA) is 41.6 Å². The summed E-state index contributed by atoms with van der Waals surface area (Å²) in [6.07, 6.45) is 0.383. The molecule has 6 heteroatoms. The number of hydrogen-bond donors (Lipinski definition) is 1. The van der Waals surface area contributed by atoms with E-state index in [1.54, 1.807) is 0 Å². The second-order valence-corrected chi connectivity index (χ2v) is 6.52. The van der Waals surface area contributed by atoms with Crippen molar-refractivity contribution in [2.75, 3.05) is 26.2 Å². The van der Waals surface area contributed by atoms with Gasteiger partial charge in [-0.2, -0.15) is 0 Å². The van der Waals surface area contributed by atoms with Crippen LogP contribution in [0.15, 0.2) is 54.6 Å². The lowest BCUT2D eigenvalue weighted by atomic mass is 10.0. The average Bonchev–Trinajstić information content (AvgIpc) is 2.66. The van der Waals surface area contributed by atoms with Crippen LogP contribution in [-0.4, -0.2) is 37.0 Å². The second kappa shape index (κ2) is 10.5. The molecule has 1 saturated heterocycles. The molecule has 1 aliphatic heterocycles. The van der Waals surface area contributed by atoms with Gasteiger partial charge in [-0.1, -0.05) is 60.1 Å². The number of amides is 1. The molecule has 0 bridgehead atoms. The van der Waals surface area contributed by atoms with E-state index in [9.17, 15) is 4.79 Å². The van der Waals surface area contributed by atoms with Gasteiger partial charge in [-0.3, -0.25) is 4.79 Å². The molecule has 0 spiro atoms. The zero-order valence-corrected chi connectivity index (χ0v) is 16.1. The van der Waals surface area contributed by atoms with Crippen LogP contribution in [-0.2, 0) is 16.1 Å². The van der Waals surface area contributed by atoms with Crippen molar-refractivity contribution in [2.24, 2.45) is 0 Å². The Morgan fingerprint density at radius 1 is 1.15 bits per heavy atom. The third kappa shape index (κ3) is 5.45. The molecule has 0 aliphatic carbocycles. The molecular formula is C20H24Cl2N2O2. The van der Waals surface area contributed by atoms with Gasteiger partial charge in [-0.05, 0) is 17.2 Å². The molecule has 0 aromatic heterocycles. The van der Waals surface area contributed by atoms with Crippen LogP contribution in [0.25, 0.3) is 0 Å². The van der Waals surface area contributed by atoms with Gasteiger partial charge in [-0.25, -0.2) is 0 Å². The number of benzene rings is 2. The normalized spacial score (nSPS) is 16.8. The molecule has 1 aliphatic rings. The zero-order chi connectivity index (χ0) is 17.5. The average molecular weight is 395 g/mol. The van der Waals surface area contributed by atoms with Crippen LogP contribution in [0.1, 0.15) is 23.6 Å². The summed E-state index contributed by atoms with van der Waals surface area (Å²) in [5.74, 6) is 0.111. The number of halogens is 2. The van der Waals surface area contributed by atoms with Gasteiger partial charge < -0.3 is 15.0 Å². The van der Waals surface area contributed by atoms with Crippen molar-refractivity contribution in [1.29, 1.82) is 0 Å². The van der Waals surface area contributed by atoms with Crippen LogP contribution >= 0.6 is 24.0 Å². The summed E-state index contributed by atoms with van der Waals surface area (Å²) >= 11 is 6.33. The summed E-state index contributed by atoms with van der Waals surface area (Å²) in [5.41, 5.74) is 2.11. The Kier molecular flexibility index (Phi) is 8.39. The first-order valence-corrected chi connectivity index (χ1v) is 9.00. The molecule has 26 heavy (non-hydrogen) atoms. The predicted molar refractivity (Wildman–Crippen MR) is 107 cm³/mol. The van der Waals surface area contributed by atoms with E-state index in [4.69, 9.17) is 16.3 Å².